The zero-order chi connectivity index (χ0) is 20.0. The molecule has 1 aromatic rings. The molecule has 8 nitrogen and oxygen atoms in total. The molecule has 0 atom stereocenters. The second-order valence-corrected chi connectivity index (χ2v) is 9.20. The molecule has 3 rings (SSSR count). The van der Waals surface area contributed by atoms with Crippen LogP contribution in [0.1, 0.15) is 48.5 Å². The van der Waals surface area contributed by atoms with Crippen molar-refractivity contribution in [3.05, 3.63) is 6.20 Å². The van der Waals surface area contributed by atoms with E-state index >= 15 is 0 Å². The number of imidazole rings is 1. The molecule has 2 fully saturated rings. The van der Waals surface area contributed by atoms with E-state index in [1.165, 1.54) is 0 Å². The number of aromatic nitrogens is 2. The lowest BCUT2D eigenvalue weighted by Crippen LogP contribution is -2.50. The van der Waals surface area contributed by atoms with Gasteiger partial charge in [-0.15, -0.1) is 0 Å². The Morgan fingerprint density at radius 3 is 2.22 bits per heavy atom. The van der Waals surface area contributed by atoms with Crippen molar-refractivity contribution in [3.8, 4) is 0 Å². The van der Waals surface area contributed by atoms with E-state index in [4.69, 9.17) is 14.0 Å². The van der Waals surface area contributed by atoms with E-state index in [1.54, 1.807) is 11.1 Å². The number of ether oxygens (including phenoxy) is 1. The molecule has 1 amide bonds. The fraction of sp³-hybridized carbons (Fsp3) is 0.778. The second-order valence-electron chi connectivity index (χ2n) is 9.20. The van der Waals surface area contributed by atoms with Crippen LogP contribution < -0.4 is 10.5 Å². The van der Waals surface area contributed by atoms with Crippen LogP contribution in [0.3, 0.4) is 0 Å². The number of H-pyrrole nitrogens is 1. The number of carbonyl (C=O) groups excluding carboxylic acids is 1. The van der Waals surface area contributed by atoms with Crippen molar-refractivity contribution in [2.24, 2.45) is 0 Å². The average molecular weight is 378 g/mol. The highest BCUT2D eigenvalue weighted by Crippen LogP contribution is 2.36. The minimum absolute atomic E-state index is 0.264. The number of hydrogen-bond donors (Lipinski definition) is 1. The highest BCUT2D eigenvalue weighted by Gasteiger charge is 2.52. The van der Waals surface area contributed by atoms with Crippen molar-refractivity contribution in [2.45, 2.75) is 65.3 Å². The number of carbonyl (C=O) groups is 1. The van der Waals surface area contributed by atoms with E-state index in [0.29, 0.717) is 26.2 Å². The third-order valence-electron chi connectivity index (χ3n) is 5.32. The highest BCUT2D eigenvalue weighted by molar-refractivity contribution is 6.61. The van der Waals surface area contributed by atoms with Crippen molar-refractivity contribution in [1.82, 2.24) is 14.9 Å². The van der Waals surface area contributed by atoms with E-state index in [9.17, 15) is 4.79 Å². The van der Waals surface area contributed by atoms with Gasteiger partial charge in [-0.3, -0.25) is 0 Å². The Balaban J connectivity index is 1.58. The summed E-state index contributed by atoms with van der Waals surface area (Å²) in [4.78, 5) is 23.8. The van der Waals surface area contributed by atoms with Gasteiger partial charge in [-0.2, -0.15) is 0 Å². The number of amides is 1. The summed E-state index contributed by atoms with van der Waals surface area (Å²) in [5.41, 5.74) is -0.449. The molecular weight excluding hydrogens is 347 g/mol. The van der Waals surface area contributed by atoms with Crippen LogP contribution in [0.15, 0.2) is 6.20 Å². The van der Waals surface area contributed by atoms with Gasteiger partial charge in [0, 0.05) is 32.4 Å². The van der Waals surface area contributed by atoms with E-state index in [1.807, 2.05) is 48.5 Å². The van der Waals surface area contributed by atoms with Crippen LogP contribution in [-0.2, 0) is 14.0 Å². The smallest absolute Gasteiger partial charge is 0.444 e. The lowest BCUT2D eigenvalue weighted by molar-refractivity contribution is 0.00578. The van der Waals surface area contributed by atoms with E-state index in [0.717, 1.165) is 11.5 Å². The molecule has 2 saturated heterocycles. The molecule has 0 aromatic carbocycles. The molecule has 2 aliphatic heterocycles. The van der Waals surface area contributed by atoms with Gasteiger partial charge < -0.3 is 28.8 Å². The molecule has 0 bridgehead atoms. The number of nitrogens with zero attached hydrogens (tertiary/aromatic N) is 3. The number of hydrogen-bond acceptors (Lipinski definition) is 6. The van der Waals surface area contributed by atoms with Crippen molar-refractivity contribution >= 4 is 24.8 Å². The standard InChI is InChI=1S/C18H31BN4O4/c1-16(2,3)25-15(24)23-10-8-22(9-11-23)14-20-12-13(21-14)19-26-17(4,5)18(6,7)27-19/h12H,8-11H2,1-7H3,(H,20,21). The highest BCUT2D eigenvalue weighted by atomic mass is 16.7. The van der Waals surface area contributed by atoms with Gasteiger partial charge in [0.15, 0.2) is 0 Å². The van der Waals surface area contributed by atoms with Gasteiger partial charge in [-0.05, 0) is 48.5 Å². The lowest BCUT2D eigenvalue weighted by atomic mass is 9.86. The number of aromatic amines is 1. The number of anilines is 1. The molecule has 150 valence electrons. The van der Waals surface area contributed by atoms with Crippen molar-refractivity contribution < 1.29 is 18.8 Å². The van der Waals surface area contributed by atoms with Crippen LogP contribution in [0, 0.1) is 0 Å². The predicted octanol–water partition coefficient (Wildman–Crippen LogP) is 1.77. The Labute approximate surface area is 161 Å². The topological polar surface area (TPSA) is 79.9 Å². The first-order valence-electron chi connectivity index (χ1n) is 9.51. The number of nitrogens with one attached hydrogen (secondary N) is 1. The van der Waals surface area contributed by atoms with Crippen LogP contribution in [0.25, 0.3) is 0 Å². The Morgan fingerprint density at radius 2 is 1.70 bits per heavy atom. The maximum atomic E-state index is 12.2. The molecule has 0 saturated carbocycles. The summed E-state index contributed by atoms with van der Waals surface area (Å²) in [5.74, 6) is 0.767. The zero-order valence-corrected chi connectivity index (χ0v) is 17.5. The van der Waals surface area contributed by atoms with Gasteiger partial charge in [-0.1, -0.05) is 0 Å². The molecular formula is C18H31BN4O4. The second kappa shape index (κ2) is 6.70. The number of rotatable bonds is 2. The first-order chi connectivity index (χ1) is 12.4. The monoisotopic (exact) mass is 378 g/mol. The van der Waals surface area contributed by atoms with Gasteiger partial charge in [-0.25, -0.2) is 9.78 Å². The molecule has 1 N–H and O–H groups in total. The summed E-state index contributed by atoms with van der Waals surface area (Å²) < 4.78 is 17.6. The third-order valence-corrected chi connectivity index (χ3v) is 5.32. The molecule has 0 radical (unpaired) electrons. The van der Waals surface area contributed by atoms with Crippen LogP contribution in [0.5, 0.6) is 0 Å². The van der Waals surface area contributed by atoms with E-state index in [-0.39, 0.29) is 17.3 Å². The van der Waals surface area contributed by atoms with Gasteiger partial charge >= 0.3 is 13.2 Å². The van der Waals surface area contributed by atoms with E-state index in [2.05, 4.69) is 14.9 Å². The minimum Gasteiger partial charge on any atom is -0.444 e. The van der Waals surface area contributed by atoms with Gasteiger partial charge in [0.2, 0.25) is 5.95 Å². The first kappa shape index (κ1) is 20.0. The van der Waals surface area contributed by atoms with Crippen molar-refractivity contribution in [2.75, 3.05) is 31.1 Å². The summed E-state index contributed by atoms with van der Waals surface area (Å²) in [7, 11) is -0.459. The molecule has 0 aliphatic carbocycles. The molecule has 27 heavy (non-hydrogen) atoms. The molecule has 3 heterocycles. The summed E-state index contributed by atoms with van der Waals surface area (Å²) >= 11 is 0. The zero-order valence-electron chi connectivity index (χ0n) is 17.5. The largest absolute Gasteiger partial charge is 0.513 e. The first-order valence-corrected chi connectivity index (χ1v) is 9.51. The Kier molecular flexibility index (Phi) is 4.97. The average Bonchev–Trinajstić information content (AvgIpc) is 3.09. The summed E-state index contributed by atoms with van der Waals surface area (Å²) in [5, 5.41) is 0. The molecule has 9 heteroatoms. The fourth-order valence-electron chi connectivity index (χ4n) is 3.00. The quantitative estimate of drug-likeness (QED) is 0.791. The Hall–Kier alpha value is -1.74. The SMILES string of the molecule is CC(C)(C)OC(=O)N1CCN(c2ncc(B3OC(C)(C)C(C)(C)O3)[nH]2)CC1. The third kappa shape index (κ3) is 4.24. The van der Waals surface area contributed by atoms with Crippen LogP contribution in [0.4, 0.5) is 10.7 Å². The van der Waals surface area contributed by atoms with Gasteiger partial charge in [0.1, 0.15) is 5.60 Å². The summed E-state index contributed by atoms with van der Waals surface area (Å²) in [6.45, 7) is 16.3. The van der Waals surface area contributed by atoms with Crippen LogP contribution >= 0.6 is 0 Å². The fourth-order valence-corrected chi connectivity index (χ4v) is 3.00. The maximum absolute atomic E-state index is 12.2. The number of piperazine rings is 1. The van der Waals surface area contributed by atoms with Crippen molar-refractivity contribution in [1.29, 1.82) is 0 Å². The molecule has 1 aromatic heterocycles. The maximum Gasteiger partial charge on any atom is 0.513 e. The molecule has 0 unspecified atom stereocenters. The van der Waals surface area contributed by atoms with Crippen molar-refractivity contribution in [3.63, 3.8) is 0 Å². The van der Waals surface area contributed by atoms with Gasteiger partial charge in [0.25, 0.3) is 0 Å². The summed E-state index contributed by atoms with van der Waals surface area (Å²) in [6.07, 6.45) is 1.50. The minimum atomic E-state index is -0.479. The molecule has 2 aliphatic rings. The Bertz CT molecular complexity index is 674. The molecule has 0 spiro atoms. The predicted molar refractivity (Wildman–Crippen MR) is 104 cm³/mol. The van der Waals surface area contributed by atoms with Crippen LogP contribution in [-0.4, -0.2) is 71.1 Å². The summed E-state index contributed by atoms with van der Waals surface area (Å²) in [6, 6.07) is 0. The van der Waals surface area contributed by atoms with E-state index < -0.39 is 12.7 Å². The normalized spacial score (nSPS) is 22.3. The van der Waals surface area contributed by atoms with Crippen LogP contribution in [0.2, 0.25) is 0 Å². The van der Waals surface area contributed by atoms with Gasteiger partial charge in [0.05, 0.1) is 16.8 Å². The lowest BCUT2D eigenvalue weighted by Gasteiger charge is -2.35. The Morgan fingerprint density at radius 1 is 1.15 bits per heavy atom.